The maximum absolute atomic E-state index is 12.0. The Kier molecular flexibility index (Phi) is 4.58. The van der Waals surface area contributed by atoms with E-state index in [4.69, 9.17) is 22.7 Å². The van der Waals surface area contributed by atoms with Crippen LogP contribution in [0.25, 0.3) is 0 Å². The number of nitrogens with two attached hydrogens (primary N) is 1. The summed E-state index contributed by atoms with van der Waals surface area (Å²) in [6, 6.07) is 7.90. The molecule has 2 aliphatic heterocycles. The van der Waals surface area contributed by atoms with E-state index in [9.17, 15) is 4.79 Å². The van der Waals surface area contributed by atoms with Gasteiger partial charge >= 0.3 is 0 Å². The number of carbonyl (C=O) groups is 1. The van der Waals surface area contributed by atoms with E-state index in [1.807, 2.05) is 23.1 Å². The lowest BCUT2D eigenvalue weighted by Crippen LogP contribution is -2.59. The zero-order chi connectivity index (χ0) is 16.4. The van der Waals surface area contributed by atoms with Gasteiger partial charge in [-0.3, -0.25) is 4.79 Å². The maximum Gasteiger partial charge on any atom is 0.228 e. The largest absolute Gasteiger partial charge is 0.484 e. The summed E-state index contributed by atoms with van der Waals surface area (Å²) in [4.78, 5) is 18.6. The number of aliphatic imine (C=N–C) groups is 1. The van der Waals surface area contributed by atoms with Crippen LogP contribution in [0.2, 0.25) is 0 Å². The van der Waals surface area contributed by atoms with E-state index >= 15 is 0 Å². The number of carbonyl (C=O) groups excluding carboxylic acids is 1. The zero-order valence-electron chi connectivity index (χ0n) is 13.0. The average Bonchev–Trinajstić information content (AvgIpc) is 2.56. The van der Waals surface area contributed by atoms with Crippen LogP contribution >= 0.6 is 12.2 Å². The molecule has 7 heteroatoms. The summed E-state index contributed by atoms with van der Waals surface area (Å²) < 4.78 is 5.53. The van der Waals surface area contributed by atoms with Crippen molar-refractivity contribution >= 4 is 34.8 Å². The van der Waals surface area contributed by atoms with E-state index in [1.54, 1.807) is 7.11 Å². The highest BCUT2D eigenvalue weighted by Crippen LogP contribution is 2.33. The fourth-order valence-corrected chi connectivity index (χ4v) is 3.62. The van der Waals surface area contributed by atoms with Gasteiger partial charge in [-0.25, -0.2) is 4.99 Å². The Labute approximate surface area is 140 Å². The van der Waals surface area contributed by atoms with Crippen LogP contribution < -0.4 is 11.1 Å². The van der Waals surface area contributed by atoms with Crippen molar-refractivity contribution in [1.29, 1.82) is 0 Å². The topological polar surface area (TPSA) is 80.0 Å². The fourth-order valence-electron chi connectivity index (χ4n) is 3.27. The molecule has 6 nitrogen and oxygen atoms in total. The molecular formula is C16H20N4O2S. The molecule has 1 amide bonds. The van der Waals surface area contributed by atoms with Crippen LogP contribution in [0.15, 0.2) is 29.3 Å². The molecule has 0 bridgehead atoms. The Morgan fingerprint density at radius 2 is 2.22 bits per heavy atom. The third-order valence-electron chi connectivity index (χ3n) is 4.32. The van der Waals surface area contributed by atoms with Crippen molar-refractivity contribution in [3.8, 4) is 0 Å². The molecule has 0 radical (unpaired) electrons. The maximum atomic E-state index is 12.0. The van der Waals surface area contributed by atoms with Gasteiger partial charge in [-0.2, -0.15) is 0 Å². The predicted octanol–water partition coefficient (Wildman–Crippen LogP) is 0.969. The van der Waals surface area contributed by atoms with Crippen molar-refractivity contribution in [1.82, 2.24) is 10.2 Å². The first-order valence-corrected chi connectivity index (χ1v) is 8.06. The lowest BCUT2D eigenvalue weighted by atomic mass is 9.85. The van der Waals surface area contributed by atoms with E-state index in [0.29, 0.717) is 30.5 Å². The molecule has 2 heterocycles. The Bertz CT molecular complexity index is 661. The van der Waals surface area contributed by atoms with Gasteiger partial charge < -0.3 is 20.7 Å². The van der Waals surface area contributed by atoms with Crippen LogP contribution in [0, 0.1) is 5.92 Å². The summed E-state index contributed by atoms with van der Waals surface area (Å²) in [5.74, 6) is 0.557. The number of amides is 1. The molecule has 3 N–H and O–H groups in total. The molecule has 1 aromatic carbocycles. The monoisotopic (exact) mass is 332 g/mol. The van der Waals surface area contributed by atoms with Crippen LogP contribution in [0.1, 0.15) is 12.0 Å². The van der Waals surface area contributed by atoms with E-state index in [-0.39, 0.29) is 17.9 Å². The number of thiocarbonyl (C=S) groups is 1. The van der Waals surface area contributed by atoms with Gasteiger partial charge in [-0.05, 0) is 30.3 Å². The zero-order valence-corrected chi connectivity index (χ0v) is 13.8. The summed E-state index contributed by atoms with van der Waals surface area (Å²) >= 11 is 5.33. The lowest BCUT2D eigenvalue weighted by molar-refractivity contribution is -0.122. The van der Waals surface area contributed by atoms with Gasteiger partial charge in [0.05, 0.1) is 24.8 Å². The van der Waals surface area contributed by atoms with E-state index in [1.165, 1.54) is 0 Å². The van der Waals surface area contributed by atoms with Gasteiger partial charge in [-0.15, -0.1) is 0 Å². The Balaban J connectivity index is 1.95. The number of nitrogens with one attached hydrogen (secondary N) is 1. The third-order valence-corrected chi connectivity index (χ3v) is 4.66. The summed E-state index contributed by atoms with van der Waals surface area (Å²) in [6.07, 6.45) is 1.12. The first-order valence-electron chi connectivity index (χ1n) is 7.65. The fraction of sp³-hybridized carbons (Fsp3) is 0.438. The van der Waals surface area contributed by atoms with Gasteiger partial charge in [0.15, 0.2) is 11.0 Å². The number of para-hydroxylation sites is 1. The molecule has 3 rings (SSSR count). The van der Waals surface area contributed by atoms with Gasteiger partial charge in [0.2, 0.25) is 5.91 Å². The first-order chi connectivity index (χ1) is 11.1. The molecule has 1 aromatic rings. The Morgan fingerprint density at radius 1 is 1.43 bits per heavy atom. The number of benzene rings is 1. The number of nitrogens with zero attached hydrogens (tertiary/aromatic N) is 2. The predicted molar refractivity (Wildman–Crippen MR) is 92.6 cm³/mol. The molecule has 0 aromatic heterocycles. The minimum atomic E-state index is -0.0909. The van der Waals surface area contributed by atoms with Crippen LogP contribution in [-0.4, -0.2) is 48.1 Å². The molecule has 0 aliphatic carbocycles. The summed E-state index contributed by atoms with van der Waals surface area (Å²) in [5, 5.41) is 3.15. The number of ether oxygens (including phenoxy) is 1. The van der Waals surface area contributed by atoms with Gasteiger partial charge in [0, 0.05) is 19.5 Å². The average molecular weight is 332 g/mol. The van der Waals surface area contributed by atoms with Crippen LogP contribution in [0.5, 0.6) is 0 Å². The summed E-state index contributed by atoms with van der Waals surface area (Å²) in [6.45, 7) is 1.06. The van der Waals surface area contributed by atoms with Crippen molar-refractivity contribution in [3.63, 3.8) is 0 Å². The molecule has 1 saturated heterocycles. The SMILES string of the molecule is COC1=Nc2ccccc2C[C@@H]1C1CC(=O)NC(=S)N1CCN. The van der Waals surface area contributed by atoms with E-state index < -0.39 is 0 Å². The highest BCUT2D eigenvalue weighted by molar-refractivity contribution is 7.80. The molecule has 122 valence electrons. The second-order valence-corrected chi connectivity index (χ2v) is 6.09. The summed E-state index contributed by atoms with van der Waals surface area (Å²) in [7, 11) is 1.62. The van der Waals surface area contributed by atoms with Gasteiger partial charge in [-0.1, -0.05) is 18.2 Å². The Hall–Kier alpha value is -1.99. The smallest absolute Gasteiger partial charge is 0.228 e. The minimum Gasteiger partial charge on any atom is -0.484 e. The van der Waals surface area contributed by atoms with Crippen molar-refractivity contribution in [3.05, 3.63) is 29.8 Å². The number of methoxy groups -OCH3 is 1. The first kappa shape index (κ1) is 15.9. The summed E-state index contributed by atoms with van der Waals surface area (Å²) in [5.41, 5.74) is 7.80. The van der Waals surface area contributed by atoms with Crippen molar-refractivity contribution in [2.75, 3.05) is 20.2 Å². The molecule has 0 saturated carbocycles. The second-order valence-electron chi connectivity index (χ2n) is 5.70. The molecular weight excluding hydrogens is 312 g/mol. The van der Waals surface area contributed by atoms with Crippen molar-refractivity contribution < 1.29 is 9.53 Å². The van der Waals surface area contributed by atoms with Crippen molar-refractivity contribution in [2.45, 2.75) is 18.9 Å². The van der Waals surface area contributed by atoms with Gasteiger partial charge in [0.25, 0.3) is 0 Å². The van der Waals surface area contributed by atoms with E-state index in [0.717, 1.165) is 17.7 Å². The molecule has 2 aliphatic rings. The van der Waals surface area contributed by atoms with E-state index in [2.05, 4.69) is 16.4 Å². The number of rotatable bonds is 3. The number of hydrogen-bond acceptors (Lipinski definition) is 5. The molecule has 1 unspecified atom stereocenters. The van der Waals surface area contributed by atoms with Gasteiger partial charge in [0.1, 0.15) is 0 Å². The molecule has 0 spiro atoms. The number of hydrogen-bond donors (Lipinski definition) is 2. The minimum absolute atomic E-state index is 0.0227. The Morgan fingerprint density at radius 3 is 2.96 bits per heavy atom. The van der Waals surface area contributed by atoms with Crippen molar-refractivity contribution in [2.24, 2.45) is 16.6 Å². The standard InChI is InChI=1S/C16H20N4O2S/c1-22-15-11(8-10-4-2-3-5-12(10)18-15)13-9-14(21)19-16(23)20(13)7-6-17/h2-5,11,13H,6-9,17H2,1H3,(H,19,21,23)/t11-,13?/m1/s1. The van der Waals surface area contributed by atoms with Crippen LogP contribution in [0.3, 0.4) is 0 Å². The molecule has 2 atom stereocenters. The highest BCUT2D eigenvalue weighted by Gasteiger charge is 2.40. The molecule has 1 fully saturated rings. The van der Waals surface area contributed by atoms with Crippen LogP contribution in [-0.2, 0) is 16.0 Å². The molecule has 23 heavy (non-hydrogen) atoms. The highest BCUT2D eigenvalue weighted by atomic mass is 32.1. The lowest BCUT2D eigenvalue weighted by Gasteiger charge is -2.42. The second kappa shape index (κ2) is 6.64. The quantitative estimate of drug-likeness (QED) is 0.806. The van der Waals surface area contributed by atoms with Crippen LogP contribution in [0.4, 0.5) is 5.69 Å². The third kappa shape index (κ3) is 3.07. The number of fused-ring (bicyclic) bond motifs is 1. The normalized spacial score (nSPS) is 23.9.